The number of aromatic nitrogens is 3. The Morgan fingerprint density at radius 2 is 2.00 bits per heavy atom. The first kappa shape index (κ1) is 17.0. The molecule has 0 atom stereocenters. The molecule has 0 saturated carbocycles. The molecular weight excluding hydrogens is 349 g/mol. The molecule has 2 aromatic carbocycles. The van der Waals surface area contributed by atoms with E-state index >= 15 is 0 Å². The zero-order chi connectivity index (χ0) is 18.8. The fraction of sp³-hybridized carbons (Fsp3) is 0.150. The summed E-state index contributed by atoms with van der Waals surface area (Å²) in [7, 11) is 1.72. The molecule has 0 amide bonds. The van der Waals surface area contributed by atoms with Gasteiger partial charge in [0, 0.05) is 19.5 Å². The van der Waals surface area contributed by atoms with Gasteiger partial charge in [-0.1, -0.05) is 18.2 Å². The van der Waals surface area contributed by atoms with Gasteiger partial charge in [-0.05, 0) is 29.8 Å². The van der Waals surface area contributed by atoms with Crippen LogP contribution in [0.4, 0.5) is 4.39 Å². The maximum atomic E-state index is 13.0. The quantitative estimate of drug-likeness (QED) is 0.542. The molecule has 0 aliphatic carbocycles. The Morgan fingerprint density at radius 3 is 2.74 bits per heavy atom. The Balaban J connectivity index is 1.61. The number of nitrogens with zero attached hydrogens (tertiary/aromatic N) is 3. The van der Waals surface area contributed by atoms with E-state index in [2.05, 4.69) is 10.1 Å². The summed E-state index contributed by atoms with van der Waals surface area (Å²) in [5, 5.41) is 4.37. The standard InChI is InChI=1S/C20H16FN3O3/c1-24-20(22-12-23-24)18-11-15(25)19-16(3-2-4-17(19)27-18)26-10-9-13-5-7-14(21)8-6-13/h2-8,11-12H,9-10H2,1H3. The summed E-state index contributed by atoms with van der Waals surface area (Å²) in [6.07, 6.45) is 1.99. The third-order valence-electron chi connectivity index (χ3n) is 4.21. The molecule has 7 heteroatoms. The molecule has 0 N–H and O–H groups in total. The van der Waals surface area contributed by atoms with Gasteiger partial charge in [-0.25, -0.2) is 14.1 Å². The number of hydrogen-bond donors (Lipinski definition) is 0. The molecule has 0 aliphatic rings. The van der Waals surface area contributed by atoms with Crippen LogP contribution in [-0.4, -0.2) is 21.4 Å². The minimum Gasteiger partial charge on any atom is -0.492 e. The number of ether oxygens (including phenoxy) is 1. The molecule has 4 rings (SSSR count). The number of hydrogen-bond acceptors (Lipinski definition) is 5. The van der Waals surface area contributed by atoms with Crippen molar-refractivity contribution in [3.05, 3.63) is 76.5 Å². The largest absolute Gasteiger partial charge is 0.492 e. The van der Waals surface area contributed by atoms with Gasteiger partial charge >= 0.3 is 0 Å². The van der Waals surface area contributed by atoms with Gasteiger partial charge in [0.25, 0.3) is 0 Å². The van der Waals surface area contributed by atoms with Crippen molar-refractivity contribution in [3.63, 3.8) is 0 Å². The van der Waals surface area contributed by atoms with Gasteiger partial charge in [0.2, 0.25) is 0 Å². The summed E-state index contributed by atoms with van der Waals surface area (Å²) in [4.78, 5) is 16.8. The Bertz CT molecular complexity index is 1150. The monoisotopic (exact) mass is 365 g/mol. The van der Waals surface area contributed by atoms with E-state index in [9.17, 15) is 9.18 Å². The van der Waals surface area contributed by atoms with Crippen LogP contribution in [-0.2, 0) is 13.5 Å². The first-order chi connectivity index (χ1) is 13.1. The van der Waals surface area contributed by atoms with Gasteiger partial charge in [0.05, 0.1) is 6.61 Å². The predicted octanol–water partition coefficient (Wildman–Crippen LogP) is 3.35. The fourth-order valence-electron chi connectivity index (χ4n) is 2.86. The Labute approximate surface area is 153 Å². The van der Waals surface area contributed by atoms with Gasteiger partial charge in [0.15, 0.2) is 17.0 Å². The molecule has 4 aromatic rings. The second-order valence-corrected chi connectivity index (χ2v) is 6.04. The van der Waals surface area contributed by atoms with Crippen LogP contribution < -0.4 is 10.2 Å². The van der Waals surface area contributed by atoms with E-state index in [1.54, 1.807) is 37.4 Å². The van der Waals surface area contributed by atoms with E-state index in [4.69, 9.17) is 9.15 Å². The highest BCUT2D eigenvalue weighted by Gasteiger charge is 2.14. The molecule has 6 nitrogen and oxygen atoms in total. The lowest BCUT2D eigenvalue weighted by atomic mass is 10.1. The lowest BCUT2D eigenvalue weighted by Gasteiger charge is -2.09. The molecule has 0 spiro atoms. The highest BCUT2D eigenvalue weighted by Crippen LogP contribution is 2.26. The number of fused-ring (bicyclic) bond motifs is 1. The van der Waals surface area contributed by atoms with Crippen LogP contribution in [0.1, 0.15) is 5.56 Å². The van der Waals surface area contributed by atoms with E-state index < -0.39 is 0 Å². The number of halogens is 1. The summed E-state index contributed by atoms with van der Waals surface area (Å²) in [5.74, 6) is 0.991. The molecule has 2 heterocycles. The first-order valence-electron chi connectivity index (χ1n) is 8.40. The van der Waals surface area contributed by atoms with Crippen molar-refractivity contribution in [3.8, 4) is 17.3 Å². The van der Waals surface area contributed by atoms with Crippen molar-refractivity contribution >= 4 is 11.0 Å². The van der Waals surface area contributed by atoms with E-state index in [0.29, 0.717) is 41.3 Å². The van der Waals surface area contributed by atoms with Crippen LogP contribution in [0.3, 0.4) is 0 Å². The van der Waals surface area contributed by atoms with E-state index in [0.717, 1.165) is 5.56 Å². The van der Waals surface area contributed by atoms with Gasteiger partial charge < -0.3 is 9.15 Å². The van der Waals surface area contributed by atoms with E-state index in [1.165, 1.54) is 29.2 Å². The van der Waals surface area contributed by atoms with E-state index in [-0.39, 0.29) is 11.2 Å². The van der Waals surface area contributed by atoms with Crippen LogP contribution in [0.15, 0.2) is 64.1 Å². The predicted molar refractivity (Wildman–Crippen MR) is 98.1 cm³/mol. The van der Waals surface area contributed by atoms with Crippen molar-refractivity contribution < 1.29 is 13.5 Å². The lowest BCUT2D eigenvalue weighted by Crippen LogP contribution is -2.07. The fourth-order valence-corrected chi connectivity index (χ4v) is 2.86. The summed E-state index contributed by atoms with van der Waals surface area (Å²) in [5.41, 5.74) is 1.15. The molecule has 0 aliphatic heterocycles. The molecule has 136 valence electrons. The van der Waals surface area contributed by atoms with Gasteiger partial charge in [0.1, 0.15) is 28.9 Å². The lowest BCUT2D eigenvalue weighted by molar-refractivity contribution is 0.325. The smallest absolute Gasteiger partial charge is 0.197 e. The molecule has 27 heavy (non-hydrogen) atoms. The van der Waals surface area contributed by atoms with Gasteiger partial charge in [-0.3, -0.25) is 4.79 Å². The molecular formula is C20H16FN3O3. The molecule has 0 fully saturated rings. The molecule has 0 saturated heterocycles. The van der Waals surface area contributed by atoms with Crippen LogP contribution in [0, 0.1) is 5.82 Å². The average molecular weight is 365 g/mol. The van der Waals surface area contributed by atoms with Crippen molar-refractivity contribution in [2.45, 2.75) is 6.42 Å². The SMILES string of the molecule is Cn1ncnc1-c1cc(=O)c2c(OCCc3ccc(F)cc3)cccc2o1. The van der Waals surface area contributed by atoms with Crippen LogP contribution >= 0.6 is 0 Å². The summed E-state index contributed by atoms with van der Waals surface area (Å²) in [6.45, 7) is 0.356. The first-order valence-corrected chi connectivity index (χ1v) is 8.40. The Morgan fingerprint density at radius 1 is 1.19 bits per heavy atom. The molecule has 0 radical (unpaired) electrons. The van der Waals surface area contributed by atoms with Crippen molar-refractivity contribution in [2.75, 3.05) is 6.61 Å². The topological polar surface area (TPSA) is 70.2 Å². The normalized spacial score (nSPS) is 11.0. The average Bonchev–Trinajstić information content (AvgIpc) is 3.09. The molecule has 0 unspecified atom stereocenters. The van der Waals surface area contributed by atoms with Crippen molar-refractivity contribution in [2.24, 2.45) is 7.05 Å². The van der Waals surface area contributed by atoms with Crippen LogP contribution in [0.2, 0.25) is 0 Å². The summed E-state index contributed by atoms with van der Waals surface area (Å²) >= 11 is 0. The third kappa shape index (κ3) is 3.44. The van der Waals surface area contributed by atoms with Crippen molar-refractivity contribution in [1.82, 2.24) is 14.8 Å². The number of benzene rings is 2. The van der Waals surface area contributed by atoms with Gasteiger partial charge in [-0.15, -0.1) is 0 Å². The van der Waals surface area contributed by atoms with Gasteiger partial charge in [-0.2, -0.15) is 5.10 Å². The highest BCUT2D eigenvalue weighted by molar-refractivity contribution is 5.84. The Hall–Kier alpha value is -3.48. The van der Waals surface area contributed by atoms with Crippen LogP contribution in [0.5, 0.6) is 5.75 Å². The van der Waals surface area contributed by atoms with Crippen molar-refractivity contribution in [1.29, 1.82) is 0 Å². The zero-order valence-corrected chi connectivity index (χ0v) is 14.6. The molecule has 0 bridgehead atoms. The molecule has 2 aromatic heterocycles. The maximum absolute atomic E-state index is 13.0. The summed E-state index contributed by atoms with van der Waals surface area (Å²) < 4.78 is 26.1. The van der Waals surface area contributed by atoms with Crippen LogP contribution in [0.25, 0.3) is 22.6 Å². The zero-order valence-electron chi connectivity index (χ0n) is 14.6. The Kier molecular flexibility index (Phi) is 4.42. The summed E-state index contributed by atoms with van der Waals surface area (Å²) in [6, 6.07) is 12.8. The minimum absolute atomic E-state index is 0.216. The maximum Gasteiger partial charge on any atom is 0.197 e. The second-order valence-electron chi connectivity index (χ2n) is 6.04. The van der Waals surface area contributed by atoms with E-state index in [1.807, 2.05) is 0 Å². The number of rotatable bonds is 5. The third-order valence-corrected chi connectivity index (χ3v) is 4.21. The second kappa shape index (κ2) is 7.03. The highest BCUT2D eigenvalue weighted by atomic mass is 19.1. The minimum atomic E-state index is -0.273. The number of aryl methyl sites for hydroxylation is 1.